The molecular weight excluding hydrogens is 448 g/mol. The molecule has 0 unspecified atom stereocenters. The molecule has 0 heterocycles. The van der Waals surface area contributed by atoms with Crippen molar-refractivity contribution in [3.8, 4) is 11.5 Å². The van der Waals surface area contributed by atoms with E-state index in [4.69, 9.17) is 9.47 Å². The maximum absolute atomic E-state index is 13.3. The van der Waals surface area contributed by atoms with E-state index in [9.17, 15) is 44.7 Å². The first-order chi connectivity index (χ1) is 14.1. The van der Waals surface area contributed by atoms with E-state index < -0.39 is 55.6 Å². The molecule has 5 nitrogen and oxygen atoms in total. The number of benzene rings is 1. The molecule has 0 bridgehead atoms. The van der Waals surface area contributed by atoms with Gasteiger partial charge in [-0.15, -0.1) is 0 Å². The van der Waals surface area contributed by atoms with Gasteiger partial charge in [0, 0.05) is 0 Å². The van der Waals surface area contributed by atoms with Crippen molar-refractivity contribution in [3.05, 3.63) is 24.3 Å². The largest absolute Gasteiger partial charge is 0.487 e. The molecule has 0 aromatic heterocycles. The van der Waals surface area contributed by atoms with Crippen molar-refractivity contribution in [2.45, 2.75) is 57.0 Å². The Balaban J connectivity index is 2.62. The van der Waals surface area contributed by atoms with Crippen LogP contribution in [0.5, 0.6) is 11.5 Å². The van der Waals surface area contributed by atoms with E-state index in [1.54, 1.807) is 19.9 Å². The molecule has 1 aromatic rings. The molecule has 0 saturated heterocycles. The molecular formula is C18H18F8O5. The van der Waals surface area contributed by atoms with E-state index in [0.29, 0.717) is 0 Å². The Labute approximate surface area is 171 Å². The molecule has 0 radical (unpaired) electrons. The molecule has 0 spiro atoms. The predicted molar refractivity (Wildman–Crippen MR) is 88.9 cm³/mol. The standard InChI is InChI=1S/C18H18F8O5/c1-10(2)30-11-5-3-4-6-12(11)31-14(28)8-7-13(27)29-9-16(21,22)18(25,26)17(23,24)15(19)20/h3-6,10,15H,7-9H2,1-2H3. The fourth-order valence-electron chi connectivity index (χ4n) is 1.98. The van der Waals surface area contributed by atoms with Crippen molar-refractivity contribution >= 4 is 11.9 Å². The lowest BCUT2D eigenvalue weighted by Gasteiger charge is -2.31. The van der Waals surface area contributed by atoms with Crippen LogP contribution in [0.25, 0.3) is 0 Å². The average Bonchev–Trinajstić information content (AvgIpc) is 2.65. The highest BCUT2D eigenvalue weighted by Gasteiger charge is 2.75. The Morgan fingerprint density at radius 1 is 0.903 bits per heavy atom. The van der Waals surface area contributed by atoms with Crippen LogP contribution in [0.3, 0.4) is 0 Å². The summed E-state index contributed by atoms with van der Waals surface area (Å²) >= 11 is 0. The molecule has 176 valence electrons. The van der Waals surface area contributed by atoms with Gasteiger partial charge < -0.3 is 14.2 Å². The monoisotopic (exact) mass is 466 g/mol. The summed E-state index contributed by atoms with van der Waals surface area (Å²) in [5, 5.41) is 0. The molecule has 0 aliphatic rings. The third-order valence-corrected chi connectivity index (χ3v) is 3.54. The van der Waals surface area contributed by atoms with Crippen LogP contribution in [-0.2, 0) is 14.3 Å². The van der Waals surface area contributed by atoms with Gasteiger partial charge in [-0.25, -0.2) is 8.78 Å². The lowest BCUT2D eigenvalue weighted by molar-refractivity contribution is -0.344. The van der Waals surface area contributed by atoms with Crippen molar-refractivity contribution < 1.29 is 58.9 Å². The lowest BCUT2D eigenvalue weighted by atomic mass is 10.1. The summed E-state index contributed by atoms with van der Waals surface area (Å²) in [6.07, 6.45) is -7.03. The Bertz CT molecular complexity index is 767. The Morgan fingerprint density at radius 2 is 1.42 bits per heavy atom. The minimum atomic E-state index is -6.49. The van der Waals surface area contributed by atoms with Crippen LogP contribution in [0.4, 0.5) is 35.1 Å². The summed E-state index contributed by atoms with van der Waals surface area (Å²) in [4.78, 5) is 23.2. The third kappa shape index (κ3) is 6.69. The number of halogens is 8. The van der Waals surface area contributed by atoms with E-state index in [1.165, 1.54) is 18.2 Å². The van der Waals surface area contributed by atoms with Crippen molar-refractivity contribution in [1.82, 2.24) is 0 Å². The smallest absolute Gasteiger partial charge is 0.381 e. The van der Waals surface area contributed by atoms with Crippen LogP contribution in [0.15, 0.2) is 24.3 Å². The minimum Gasteiger partial charge on any atom is -0.487 e. The molecule has 0 saturated carbocycles. The first-order valence-corrected chi connectivity index (χ1v) is 8.65. The second-order valence-corrected chi connectivity index (χ2v) is 6.45. The zero-order valence-corrected chi connectivity index (χ0v) is 16.2. The number of alkyl halides is 8. The fraction of sp³-hybridized carbons (Fsp3) is 0.556. The molecule has 13 heteroatoms. The fourth-order valence-corrected chi connectivity index (χ4v) is 1.98. The molecule has 0 aliphatic carbocycles. The van der Waals surface area contributed by atoms with E-state index in [2.05, 4.69) is 4.74 Å². The van der Waals surface area contributed by atoms with Gasteiger partial charge in [0.15, 0.2) is 18.1 Å². The van der Waals surface area contributed by atoms with Crippen LogP contribution in [0.2, 0.25) is 0 Å². The maximum atomic E-state index is 13.3. The van der Waals surface area contributed by atoms with Gasteiger partial charge in [-0.2, -0.15) is 26.3 Å². The molecule has 0 N–H and O–H groups in total. The van der Waals surface area contributed by atoms with Gasteiger partial charge in [0.05, 0.1) is 18.9 Å². The molecule has 0 aliphatic heterocycles. The number of esters is 2. The summed E-state index contributed by atoms with van der Waals surface area (Å²) in [6.45, 7) is 0.803. The zero-order valence-electron chi connectivity index (χ0n) is 16.2. The van der Waals surface area contributed by atoms with Crippen molar-refractivity contribution in [3.63, 3.8) is 0 Å². The number of hydrogen-bond acceptors (Lipinski definition) is 5. The van der Waals surface area contributed by atoms with E-state index >= 15 is 0 Å². The van der Waals surface area contributed by atoms with Crippen LogP contribution in [0.1, 0.15) is 26.7 Å². The Hall–Kier alpha value is -2.60. The van der Waals surface area contributed by atoms with Gasteiger partial charge >= 0.3 is 36.1 Å². The van der Waals surface area contributed by atoms with Crippen LogP contribution in [0, 0.1) is 0 Å². The van der Waals surface area contributed by atoms with Crippen LogP contribution < -0.4 is 9.47 Å². The molecule has 1 rings (SSSR count). The van der Waals surface area contributed by atoms with Crippen molar-refractivity contribution in [1.29, 1.82) is 0 Å². The van der Waals surface area contributed by atoms with Crippen molar-refractivity contribution in [2.24, 2.45) is 0 Å². The van der Waals surface area contributed by atoms with Gasteiger partial charge in [-0.3, -0.25) is 9.59 Å². The first kappa shape index (κ1) is 26.4. The highest BCUT2D eigenvalue weighted by atomic mass is 19.4. The molecule has 1 aromatic carbocycles. The molecule has 31 heavy (non-hydrogen) atoms. The lowest BCUT2D eigenvalue weighted by Crippen LogP contribution is -2.59. The summed E-state index contributed by atoms with van der Waals surface area (Å²) in [6, 6.07) is 5.93. The van der Waals surface area contributed by atoms with Crippen LogP contribution in [-0.4, -0.2) is 48.8 Å². The second-order valence-electron chi connectivity index (χ2n) is 6.45. The van der Waals surface area contributed by atoms with E-state index in [1.807, 2.05) is 0 Å². The summed E-state index contributed by atoms with van der Waals surface area (Å²) in [7, 11) is 0. The first-order valence-electron chi connectivity index (χ1n) is 8.65. The Kier molecular flexibility index (Phi) is 8.65. The van der Waals surface area contributed by atoms with E-state index in [-0.39, 0.29) is 17.6 Å². The second kappa shape index (κ2) is 10.1. The van der Waals surface area contributed by atoms with Gasteiger partial charge in [-0.05, 0) is 26.0 Å². The van der Waals surface area contributed by atoms with Gasteiger partial charge in [0.2, 0.25) is 0 Å². The SMILES string of the molecule is CC(C)Oc1ccccc1OC(=O)CCC(=O)OCC(F)(F)C(F)(F)C(F)(F)C(F)F. The summed E-state index contributed by atoms with van der Waals surface area (Å²) in [5.41, 5.74) is 0. The molecule has 0 amide bonds. The third-order valence-electron chi connectivity index (χ3n) is 3.54. The van der Waals surface area contributed by atoms with Crippen LogP contribution >= 0.6 is 0 Å². The number of hydrogen-bond donors (Lipinski definition) is 0. The highest BCUT2D eigenvalue weighted by molar-refractivity contribution is 5.79. The maximum Gasteiger partial charge on any atom is 0.381 e. The number of carbonyl (C=O) groups is 2. The number of para-hydroxylation sites is 2. The van der Waals surface area contributed by atoms with Gasteiger partial charge in [0.1, 0.15) is 0 Å². The number of ether oxygens (including phenoxy) is 3. The zero-order chi connectivity index (χ0) is 24.0. The summed E-state index contributed by atoms with van der Waals surface area (Å²) < 4.78 is 116. The predicted octanol–water partition coefficient (Wildman–Crippen LogP) is 4.87. The minimum absolute atomic E-state index is 0.0185. The topological polar surface area (TPSA) is 61.8 Å². The summed E-state index contributed by atoms with van der Waals surface area (Å²) in [5.74, 6) is -21.2. The average molecular weight is 466 g/mol. The normalized spacial score (nSPS) is 12.8. The number of carbonyl (C=O) groups excluding carboxylic acids is 2. The van der Waals surface area contributed by atoms with Crippen molar-refractivity contribution in [2.75, 3.05) is 6.61 Å². The highest BCUT2D eigenvalue weighted by Crippen LogP contribution is 2.48. The van der Waals surface area contributed by atoms with E-state index in [0.717, 1.165) is 0 Å². The molecule has 0 fully saturated rings. The Morgan fingerprint density at radius 3 is 1.94 bits per heavy atom. The molecule has 0 atom stereocenters. The van der Waals surface area contributed by atoms with Gasteiger partial charge in [-0.1, -0.05) is 12.1 Å². The quantitative estimate of drug-likeness (QED) is 0.265. The van der Waals surface area contributed by atoms with Gasteiger partial charge in [0.25, 0.3) is 0 Å². The number of rotatable bonds is 11.